The molecule has 1 aliphatic carbocycles. The number of amides is 2. The SMILES string of the molecule is CC(=O)N1C(=O)[C@]2(O)C=C[C@H]1[C@H](O)C2. The second kappa shape index (κ2) is 2.65. The van der Waals surface area contributed by atoms with E-state index in [1.165, 1.54) is 19.1 Å². The Bertz CT molecular complexity index is 338. The number of nitrogens with zero attached hydrogens (tertiary/aromatic N) is 1. The minimum Gasteiger partial charge on any atom is -0.390 e. The van der Waals surface area contributed by atoms with E-state index in [9.17, 15) is 19.8 Å². The van der Waals surface area contributed by atoms with Crippen LogP contribution in [-0.4, -0.2) is 44.7 Å². The molecule has 0 aromatic heterocycles. The van der Waals surface area contributed by atoms with E-state index >= 15 is 0 Å². The Hall–Kier alpha value is -1.20. The fourth-order valence-corrected chi connectivity index (χ4v) is 2.01. The highest BCUT2D eigenvalue weighted by atomic mass is 16.3. The van der Waals surface area contributed by atoms with Gasteiger partial charge in [0.2, 0.25) is 5.91 Å². The first-order chi connectivity index (χ1) is 6.46. The molecule has 0 aromatic carbocycles. The Morgan fingerprint density at radius 3 is 2.86 bits per heavy atom. The largest absolute Gasteiger partial charge is 0.390 e. The van der Waals surface area contributed by atoms with Gasteiger partial charge in [0.1, 0.15) is 0 Å². The van der Waals surface area contributed by atoms with Crippen molar-refractivity contribution in [3.63, 3.8) is 0 Å². The molecule has 14 heavy (non-hydrogen) atoms. The maximum atomic E-state index is 11.6. The molecule has 2 N–H and O–H groups in total. The third kappa shape index (κ3) is 1.03. The van der Waals surface area contributed by atoms with Crippen LogP contribution in [0.15, 0.2) is 12.2 Å². The summed E-state index contributed by atoms with van der Waals surface area (Å²) in [6, 6.07) is -0.617. The fourth-order valence-electron chi connectivity index (χ4n) is 2.01. The lowest BCUT2D eigenvalue weighted by Crippen LogP contribution is -2.65. The van der Waals surface area contributed by atoms with Gasteiger partial charge in [-0.2, -0.15) is 0 Å². The third-order valence-electron chi connectivity index (χ3n) is 2.71. The van der Waals surface area contributed by atoms with Gasteiger partial charge in [-0.3, -0.25) is 14.5 Å². The maximum absolute atomic E-state index is 11.6. The van der Waals surface area contributed by atoms with E-state index in [-0.39, 0.29) is 6.42 Å². The summed E-state index contributed by atoms with van der Waals surface area (Å²) in [5.41, 5.74) is -1.69. The highest BCUT2D eigenvalue weighted by Gasteiger charge is 2.53. The Labute approximate surface area is 80.6 Å². The maximum Gasteiger partial charge on any atom is 0.265 e. The zero-order valence-corrected chi connectivity index (χ0v) is 7.67. The van der Waals surface area contributed by atoms with Crippen LogP contribution in [0.1, 0.15) is 13.3 Å². The third-order valence-corrected chi connectivity index (χ3v) is 2.71. The lowest BCUT2D eigenvalue weighted by atomic mass is 9.79. The monoisotopic (exact) mass is 197 g/mol. The molecule has 5 heteroatoms. The summed E-state index contributed by atoms with van der Waals surface area (Å²) in [7, 11) is 0. The van der Waals surface area contributed by atoms with E-state index in [0.29, 0.717) is 0 Å². The van der Waals surface area contributed by atoms with Crippen LogP contribution in [0.2, 0.25) is 0 Å². The number of piperidine rings is 1. The molecule has 76 valence electrons. The molecule has 5 nitrogen and oxygen atoms in total. The molecular formula is C9H11NO4. The Balaban J connectivity index is 2.45. The first kappa shape index (κ1) is 9.36. The van der Waals surface area contributed by atoms with Crippen LogP contribution in [-0.2, 0) is 9.59 Å². The number of rotatable bonds is 0. The fraction of sp³-hybridized carbons (Fsp3) is 0.556. The summed E-state index contributed by atoms with van der Waals surface area (Å²) < 4.78 is 0. The number of imide groups is 1. The van der Waals surface area contributed by atoms with Gasteiger partial charge >= 0.3 is 0 Å². The first-order valence-electron chi connectivity index (χ1n) is 4.40. The zero-order chi connectivity index (χ0) is 10.5. The molecule has 3 atom stereocenters. The van der Waals surface area contributed by atoms with Crippen molar-refractivity contribution in [1.82, 2.24) is 4.90 Å². The smallest absolute Gasteiger partial charge is 0.265 e. The van der Waals surface area contributed by atoms with Gasteiger partial charge in [0.05, 0.1) is 12.1 Å². The molecule has 0 saturated carbocycles. The molecular weight excluding hydrogens is 186 g/mol. The zero-order valence-electron chi connectivity index (χ0n) is 7.67. The topological polar surface area (TPSA) is 77.8 Å². The van der Waals surface area contributed by atoms with Gasteiger partial charge in [-0.25, -0.2) is 0 Å². The molecule has 3 rings (SSSR count). The Morgan fingerprint density at radius 1 is 1.71 bits per heavy atom. The Morgan fingerprint density at radius 2 is 2.36 bits per heavy atom. The normalized spacial score (nSPS) is 40.5. The molecule has 2 bridgehead atoms. The number of carbonyl (C=O) groups excluding carboxylic acids is 2. The van der Waals surface area contributed by atoms with Gasteiger partial charge in [0.25, 0.3) is 5.91 Å². The number of aliphatic hydroxyl groups is 2. The summed E-state index contributed by atoms with van der Waals surface area (Å²) in [6.45, 7) is 1.24. The first-order valence-corrected chi connectivity index (χ1v) is 4.40. The number of hydrogen-bond acceptors (Lipinski definition) is 4. The summed E-state index contributed by atoms with van der Waals surface area (Å²) in [5.74, 6) is -1.09. The van der Waals surface area contributed by atoms with Crippen molar-refractivity contribution in [3.05, 3.63) is 12.2 Å². The van der Waals surface area contributed by atoms with Gasteiger partial charge in [-0.15, -0.1) is 0 Å². The number of hydrogen-bond donors (Lipinski definition) is 2. The highest BCUT2D eigenvalue weighted by molar-refractivity contribution is 6.02. The van der Waals surface area contributed by atoms with Crippen molar-refractivity contribution in [2.75, 3.05) is 0 Å². The van der Waals surface area contributed by atoms with Crippen molar-refractivity contribution in [2.24, 2.45) is 0 Å². The lowest BCUT2D eigenvalue weighted by molar-refractivity contribution is -0.171. The van der Waals surface area contributed by atoms with E-state index in [0.717, 1.165) is 4.90 Å². The van der Waals surface area contributed by atoms with Crippen LogP contribution < -0.4 is 0 Å². The van der Waals surface area contributed by atoms with Crippen molar-refractivity contribution in [3.8, 4) is 0 Å². The van der Waals surface area contributed by atoms with E-state index in [2.05, 4.69) is 0 Å². The van der Waals surface area contributed by atoms with E-state index < -0.39 is 29.6 Å². The van der Waals surface area contributed by atoms with Crippen LogP contribution in [0.3, 0.4) is 0 Å². The van der Waals surface area contributed by atoms with Crippen LogP contribution >= 0.6 is 0 Å². The van der Waals surface area contributed by atoms with Crippen molar-refractivity contribution < 1.29 is 19.8 Å². The van der Waals surface area contributed by atoms with E-state index in [1.807, 2.05) is 0 Å². The van der Waals surface area contributed by atoms with Crippen LogP contribution in [0.25, 0.3) is 0 Å². The van der Waals surface area contributed by atoms with Crippen LogP contribution in [0, 0.1) is 0 Å². The van der Waals surface area contributed by atoms with Crippen LogP contribution in [0.4, 0.5) is 0 Å². The molecule has 0 spiro atoms. The molecule has 0 unspecified atom stereocenters. The molecule has 1 fully saturated rings. The summed E-state index contributed by atoms with van der Waals surface area (Å²) in [6.07, 6.45) is 1.95. The van der Waals surface area contributed by atoms with Gasteiger partial charge in [-0.05, 0) is 6.08 Å². The predicted molar refractivity (Wildman–Crippen MR) is 46.0 cm³/mol. The van der Waals surface area contributed by atoms with E-state index in [4.69, 9.17) is 0 Å². The van der Waals surface area contributed by atoms with Gasteiger partial charge < -0.3 is 10.2 Å². The lowest BCUT2D eigenvalue weighted by Gasteiger charge is -2.46. The standard InChI is InChI=1S/C9H11NO4/c1-5(11)10-6-2-3-9(14,8(10)13)4-7(6)12/h2-3,6-7,12,14H,4H2,1H3/t6-,7+,9-/m0/s1. The van der Waals surface area contributed by atoms with Gasteiger partial charge in [0, 0.05) is 13.3 Å². The van der Waals surface area contributed by atoms with Gasteiger partial charge in [-0.1, -0.05) is 6.08 Å². The molecule has 3 aliphatic rings. The summed E-state index contributed by atoms with van der Waals surface area (Å²) in [5, 5.41) is 19.3. The molecule has 2 amide bonds. The Kier molecular flexibility index (Phi) is 1.77. The quantitative estimate of drug-likeness (QED) is 0.478. The van der Waals surface area contributed by atoms with Crippen molar-refractivity contribution in [2.45, 2.75) is 31.1 Å². The minimum absolute atomic E-state index is 0.0310. The molecule has 1 saturated heterocycles. The average Bonchev–Trinajstić information content (AvgIpc) is 2.07. The van der Waals surface area contributed by atoms with Gasteiger partial charge in [0.15, 0.2) is 5.60 Å². The second-order valence-corrected chi connectivity index (χ2v) is 3.74. The van der Waals surface area contributed by atoms with Crippen molar-refractivity contribution >= 4 is 11.8 Å². The number of fused-ring (bicyclic) bond motifs is 2. The summed E-state index contributed by atoms with van der Waals surface area (Å²) in [4.78, 5) is 23.6. The van der Waals surface area contributed by atoms with E-state index in [1.54, 1.807) is 0 Å². The predicted octanol–water partition coefficient (Wildman–Crippen LogP) is -1.20. The molecule has 0 radical (unpaired) electrons. The second-order valence-electron chi connectivity index (χ2n) is 3.74. The molecule has 0 aromatic rings. The summed E-state index contributed by atoms with van der Waals surface area (Å²) >= 11 is 0. The van der Waals surface area contributed by atoms with Crippen molar-refractivity contribution in [1.29, 1.82) is 0 Å². The highest BCUT2D eigenvalue weighted by Crippen LogP contribution is 2.34. The number of aliphatic hydroxyl groups excluding tert-OH is 1. The molecule has 2 heterocycles. The molecule has 2 aliphatic heterocycles. The minimum atomic E-state index is -1.69. The van der Waals surface area contributed by atoms with Crippen LogP contribution in [0.5, 0.6) is 0 Å². The number of carbonyl (C=O) groups is 2. The average molecular weight is 197 g/mol.